The molecule has 0 unspecified atom stereocenters. The number of hydrogen-bond acceptors (Lipinski definition) is 6. The lowest BCUT2D eigenvalue weighted by atomic mass is 10.2. The molecule has 0 aliphatic rings. The fraction of sp³-hybridized carbons (Fsp3) is 0.111. The summed E-state index contributed by atoms with van der Waals surface area (Å²) in [6.45, 7) is 1.73. The molecule has 2 rings (SSSR count). The lowest BCUT2D eigenvalue weighted by molar-refractivity contribution is 0.102. The van der Waals surface area contributed by atoms with Gasteiger partial charge in [-0.25, -0.2) is 4.98 Å². The highest BCUT2D eigenvalue weighted by atomic mass is 32.1. The van der Waals surface area contributed by atoms with Gasteiger partial charge in [0.25, 0.3) is 5.91 Å². The van der Waals surface area contributed by atoms with Crippen LogP contribution in [-0.2, 0) is 0 Å². The number of carbonyl (C=O) groups is 1. The van der Waals surface area contributed by atoms with Crippen molar-refractivity contribution < 1.29 is 9.90 Å². The first kappa shape index (κ1) is 10.5. The minimum atomic E-state index is -0.434. The quantitative estimate of drug-likeness (QED) is 0.818. The molecule has 16 heavy (non-hydrogen) atoms. The Balaban J connectivity index is 2.18. The Labute approximate surface area is 95.2 Å². The number of rotatable bonds is 2. The molecule has 0 aliphatic heterocycles. The second kappa shape index (κ2) is 4.23. The maximum absolute atomic E-state index is 11.7. The Hall–Kier alpha value is -2.02. The van der Waals surface area contributed by atoms with Crippen LogP contribution in [0.15, 0.2) is 18.5 Å². The largest absolute Gasteiger partial charge is 0.505 e. The molecule has 0 spiro atoms. The van der Waals surface area contributed by atoms with Crippen molar-refractivity contribution in [3.8, 4) is 5.75 Å². The summed E-state index contributed by atoms with van der Waals surface area (Å²) in [5.74, 6) is -0.00321. The number of nitrogens with zero attached hydrogens (tertiary/aromatic N) is 3. The summed E-state index contributed by atoms with van der Waals surface area (Å²) in [4.78, 5) is 19.4. The predicted octanol–water partition coefficient (Wildman–Crippen LogP) is 1.20. The molecule has 0 saturated carbocycles. The summed E-state index contributed by atoms with van der Waals surface area (Å²) < 4.78 is 3.93. The molecular formula is C9H8N4O2S. The average molecular weight is 236 g/mol. The highest BCUT2D eigenvalue weighted by Crippen LogP contribution is 2.17. The van der Waals surface area contributed by atoms with Crippen molar-refractivity contribution in [2.24, 2.45) is 0 Å². The maximum Gasteiger partial charge on any atom is 0.261 e. The van der Waals surface area contributed by atoms with Gasteiger partial charge in [0.05, 0.1) is 11.8 Å². The van der Waals surface area contributed by atoms with Crippen LogP contribution in [0.3, 0.4) is 0 Å². The van der Waals surface area contributed by atoms with Gasteiger partial charge in [-0.05, 0) is 13.0 Å². The Kier molecular flexibility index (Phi) is 2.78. The predicted molar refractivity (Wildman–Crippen MR) is 58.5 cm³/mol. The van der Waals surface area contributed by atoms with Crippen LogP contribution in [0.1, 0.15) is 16.2 Å². The van der Waals surface area contributed by atoms with Gasteiger partial charge in [0, 0.05) is 17.7 Å². The van der Waals surface area contributed by atoms with Crippen molar-refractivity contribution in [1.82, 2.24) is 14.3 Å². The average Bonchev–Trinajstić information content (AvgIpc) is 2.64. The van der Waals surface area contributed by atoms with Gasteiger partial charge >= 0.3 is 0 Å². The molecule has 82 valence electrons. The van der Waals surface area contributed by atoms with Crippen LogP contribution in [0.2, 0.25) is 0 Å². The molecule has 0 saturated heterocycles. The molecule has 2 N–H and O–H groups in total. The molecule has 6 nitrogen and oxygen atoms in total. The SMILES string of the molecule is Cc1nsc(NC(=O)c2ccncc2O)n1. The fourth-order valence-electron chi connectivity index (χ4n) is 1.09. The number of aromatic hydroxyl groups is 1. The first-order chi connectivity index (χ1) is 7.66. The highest BCUT2D eigenvalue weighted by Gasteiger charge is 2.12. The molecular weight excluding hydrogens is 228 g/mol. The van der Waals surface area contributed by atoms with Crippen molar-refractivity contribution in [2.45, 2.75) is 6.92 Å². The normalized spacial score (nSPS) is 10.1. The fourth-order valence-corrected chi connectivity index (χ4v) is 1.66. The van der Waals surface area contributed by atoms with Crippen molar-refractivity contribution in [1.29, 1.82) is 0 Å². The van der Waals surface area contributed by atoms with Crippen LogP contribution in [-0.4, -0.2) is 25.4 Å². The van der Waals surface area contributed by atoms with Crippen LogP contribution in [0.5, 0.6) is 5.75 Å². The number of nitrogens with one attached hydrogen (secondary N) is 1. The van der Waals surface area contributed by atoms with E-state index >= 15 is 0 Å². The third-order valence-corrected chi connectivity index (χ3v) is 2.51. The van der Waals surface area contributed by atoms with Crippen LogP contribution < -0.4 is 5.32 Å². The number of carbonyl (C=O) groups excluding carboxylic acids is 1. The molecule has 1 amide bonds. The van der Waals surface area contributed by atoms with E-state index in [0.717, 1.165) is 11.5 Å². The number of aryl methyl sites for hydroxylation is 1. The van der Waals surface area contributed by atoms with E-state index in [0.29, 0.717) is 11.0 Å². The van der Waals surface area contributed by atoms with Crippen LogP contribution in [0.4, 0.5) is 5.13 Å². The molecule has 7 heteroatoms. The van der Waals surface area contributed by atoms with Gasteiger partial charge in [-0.2, -0.15) is 4.37 Å². The van der Waals surface area contributed by atoms with E-state index in [1.54, 1.807) is 6.92 Å². The summed E-state index contributed by atoms with van der Waals surface area (Å²) >= 11 is 1.09. The third kappa shape index (κ3) is 2.14. The van der Waals surface area contributed by atoms with E-state index in [2.05, 4.69) is 19.7 Å². The van der Waals surface area contributed by atoms with Crippen LogP contribution in [0.25, 0.3) is 0 Å². The number of pyridine rings is 1. The topological polar surface area (TPSA) is 88.0 Å². The number of anilines is 1. The molecule has 2 heterocycles. The summed E-state index contributed by atoms with van der Waals surface area (Å²) in [6, 6.07) is 1.43. The van der Waals surface area contributed by atoms with E-state index in [-0.39, 0.29) is 11.3 Å². The van der Waals surface area contributed by atoms with Gasteiger partial charge in [-0.15, -0.1) is 0 Å². The van der Waals surface area contributed by atoms with Gasteiger partial charge in [-0.3, -0.25) is 15.1 Å². The Bertz CT molecular complexity index is 526. The molecule has 2 aromatic heterocycles. The first-order valence-corrected chi connectivity index (χ1v) is 5.19. The van der Waals surface area contributed by atoms with E-state index in [9.17, 15) is 9.90 Å². The standard InChI is InChI=1S/C9H8N4O2S/c1-5-11-9(16-13-5)12-8(15)6-2-3-10-4-7(6)14/h2-4,14H,1H3,(H,11,12,13,15). The van der Waals surface area contributed by atoms with Crippen LogP contribution in [0, 0.1) is 6.92 Å². The molecule has 0 aliphatic carbocycles. The smallest absolute Gasteiger partial charge is 0.261 e. The van der Waals surface area contributed by atoms with E-state index < -0.39 is 5.91 Å². The van der Waals surface area contributed by atoms with E-state index in [1.807, 2.05) is 0 Å². The van der Waals surface area contributed by atoms with Crippen molar-refractivity contribution in [3.63, 3.8) is 0 Å². The monoisotopic (exact) mass is 236 g/mol. The lowest BCUT2D eigenvalue weighted by Gasteiger charge is -2.02. The molecule has 2 aromatic rings. The van der Waals surface area contributed by atoms with Crippen LogP contribution >= 0.6 is 11.5 Å². The zero-order chi connectivity index (χ0) is 11.5. The Morgan fingerprint density at radius 2 is 2.38 bits per heavy atom. The molecule has 0 aromatic carbocycles. The Morgan fingerprint density at radius 3 is 3.00 bits per heavy atom. The maximum atomic E-state index is 11.7. The van der Waals surface area contributed by atoms with Gasteiger partial charge < -0.3 is 5.11 Å². The summed E-state index contributed by atoms with van der Waals surface area (Å²) in [5, 5.41) is 12.3. The number of aromatic nitrogens is 3. The van der Waals surface area contributed by atoms with Crippen molar-refractivity contribution in [2.75, 3.05) is 5.32 Å². The van der Waals surface area contributed by atoms with E-state index in [4.69, 9.17) is 0 Å². The molecule has 0 fully saturated rings. The van der Waals surface area contributed by atoms with Crippen molar-refractivity contribution in [3.05, 3.63) is 29.8 Å². The molecule has 0 bridgehead atoms. The Morgan fingerprint density at radius 1 is 1.56 bits per heavy atom. The van der Waals surface area contributed by atoms with E-state index in [1.165, 1.54) is 18.5 Å². The second-order valence-electron chi connectivity index (χ2n) is 2.99. The minimum absolute atomic E-state index is 0.155. The summed E-state index contributed by atoms with van der Waals surface area (Å²) in [7, 11) is 0. The minimum Gasteiger partial charge on any atom is -0.505 e. The highest BCUT2D eigenvalue weighted by molar-refractivity contribution is 7.09. The zero-order valence-corrected chi connectivity index (χ0v) is 9.15. The lowest BCUT2D eigenvalue weighted by Crippen LogP contribution is -2.11. The summed E-state index contributed by atoms with van der Waals surface area (Å²) in [5.41, 5.74) is 0.155. The van der Waals surface area contributed by atoms with Gasteiger partial charge in [0.2, 0.25) is 5.13 Å². The van der Waals surface area contributed by atoms with Gasteiger partial charge in [0.1, 0.15) is 11.6 Å². The first-order valence-electron chi connectivity index (χ1n) is 4.41. The van der Waals surface area contributed by atoms with Crippen molar-refractivity contribution >= 4 is 22.6 Å². The molecule has 0 radical (unpaired) electrons. The van der Waals surface area contributed by atoms with Gasteiger partial charge in [-0.1, -0.05) is 0 Å². The number of amides is 1. The number of hydrogen-bond donors (Lipinski definition) is 2. The van der Waals surface area contributed by atoms with Gasteiger partial charge in [0.15, 0.2) is 0 Å². The third-order valence-electron chi connectivity index (χ3n) is 1.79. The second-order valence-corrected chi connectivity index (χ2v) is 3.75. The molecule has 0 atom stereocenters. The zero-order valence-electron chi connectivity index (χ0n) is 8.34. The summed E-state index contributed by atoms with van der Waals surface area (Å²) in [6.07, 6.45) is 2.64.